The van der Waals surface area contributed by atoms with Gasteiger partial charge in [0, 0.05) is 31.7 Å². The number of halogens is 1. The van der Waals surface area contributed by atoms with Gasteiger partial charge in [-0.2, -0.15) is 0 Å². The lowest BCUT2D eigenvalue weighted by atomic mass is 10.1. The summed E-state index contributed by atoms with van der Waals surface area (Å²) in [6, 6.07) is 15.0. The van der Waals surface area contributed by atoms with Gasteiger partial charge in [-0.25, -0.2) is 15.0 Å². The summed E-state index contributed by atoms with van der Waals surface area (Å²) < 4.78 is 1.97. The fraction of sp³-hybridized carbons (Fsp3) is 0.400. The zero-order chi connectivity index (χ0) is 22.8. The molecule has 178 valence electrons. The Balaban J connectivity index is 0.00000385. The fourth-order valence-electron chi connectivity index (χ4n) is 3.78. The number of aliphatic imine (C=N–C) groups is 1. The minimum Gasteiger partial charge on any atom is -0.357 e. The van der Waals surface area contributed by atoms with Crippen LogP contribution in [0.25, 0.3) is 5.82 Å². The normalized spacial score (nSPS) is 12.3. The molecule has 0 saturated heterocycles. The number of aryl methyl sites for hydroxylation is 1. The van der Waals surface area contributed by atoms with Gasteiger partial charge >= 0.3 is 0 Å². The van der Waals surface area contributed by atoms with Crippen LogP contribution in [0.15, 0.2) is 66.0 Å². The average Bonchev–Trinajstić information content (AvgIpc) is 3.26. The van der Waals surface area contributed by atoms with Crippen LogP contribution >= 0.6 is 24.0 Å². The number of hydrogen-bond donors (Lipinski definition) is 2. The lowest BCUT2D eigenvalue weighted by Gasteiger charge is -2.30. The third kappa shape index (κ3) is 7.53. The van der Waals surface area contributed by atoms with E-state index in [2.05, 4.69) is 82.7 Å². The largest absolute Gasteiger partial charge is 0.357 e. The SMILES string of the molecule is CCNC(=NCc1ccc(-n2ccnc2C)nc1)NCC(c1ccccc1)N(CC)CC.I. The molecule has 2 heterocycles. The molecule has 33 heavy (non-hydrogen) atoms. The Morgan fingerprint density at radius 1 is 1.03 bits per heavy atom. The number of pyridine rings is 1. The van der Waals surface area contributed by atoms with Crippen LogP contribution in [-0.2, 0) is 6.54 Å². The highest BCUT2D eigenvalue weighted by atomic mass is 127. The molecule has 0 radical (unpaired) electrons. The van der Waals surface area contributed by atoms with E-state index in [1.807, 2.05) is 30.0 Å². The predicted molar refractivity (Wildman–Crippen MR) is 146 cm³/mol. The first-order valence-corrected chi connectivity index (χ1v) is 11.4. The first-order chi connectivity index (χ1) is 15.7. The van der Waals surface area contributed by atoms with Gasteiger partial charge in [-0.05, 0) is 44.1 Å². The minimum atomic E-state index is 0. The van der Waals surface area contributed by atoms with Crippen LogP contribution in [0.5, 0.6) is 0 Å². The van der Waals surface area contributed by atoms with E-state index in [9.17, 15) is 0 Å². The number of nitrogens with one attached hydrogen (secondary N) is 2. The molecule has 8 heteroatoms. The van der Waals surface area contributed by atoms with Crippen molar-refractivity contribution in [3.63, 3.8) is 0 Å². The number of aromatic nitrogens is 3. The van der Waals surface area contributed by atoms with E-state index >= 15 is 0 Å². The Bertz CT molecular complexity index is 966. The number of guanidine groups is 1. The molecule has 0 spiro atoms. The number of imidazole rings is 1. The second-order valence-corrected chi connectivity index (χ2v) is 7.59. The van der Waals surface area contributed by atoms with Gasteiger partial charge < -0.3 is 10.6 Å². The number of likely N-dealkylation sites (N-methyl/N-ethyl adjacent to an activating group) is 1. The standard InChI is InChI=1S/C25H35N7.HI/c1-5-26-25(30-19-23(31(6-2)7-3)22-11-9-8-10-12-22)29-18-21-13-14-24(28-17-21)32-16-15-27-20(32)4;/h8-17,23H,5-7,18-19H2,1-4H3,(H2,26,29,30);1H. The maximum atomic E-state index is 4.79. The molecule has 7 nitrogen and oxygen atoms in total. The summed E-state index contributed by atoms with van der Waals surface area (Å²) in [6.45, 7) is 12.6. The van der Waals surface area contributed by atoms with Crippen LogP contribution < -0.4 is 10.6 Å². The molecule has 2 N–H and O–H groups in total. The third-order valence-corrected chi connectivity index (χ3v) is 5.55. The highest BCUT2D eigenvalue weighted by Gasteiger charge is 2.18. The van der Waals surface area contributed by atoms with Crippen molar-refractivity contribution >= 4 is 29.9 Å². The molecule has 1 unspecified atom stereocenters. The Kier molecular flexibility index (Phi) is 11.3. The Morgan fingerprint density at radius 3 is 2.36 bits per heavy atom. The van der Waals surface area contributed by atoms with Gasteiger partial charge in [-0.1, -0.05) is 50.2 Å². The van der Waals surface area contributed by atoms with Gasteiger partial charge in [0.2, 0.25) is 0 Å². The monoisotopic (exact) mass is 561 g/mol. The van der Waals surface area contributed by atoms with Crippen LogP contribution in [0.2, 0.25) is 0 Å². The molecule has 1 aromatic carbocycles. The van der Waals surface area contributed by atoms with Crippen molar-refractivity contribution in [3.05, 3.63) is 78.0 Å². The molecule has 3 aromatic rings. The molecule has 0 bridgehead atoms. The van der Waals surface area contributed by atoms with Crippen LogP contribution in [0.4, 0.5) is 0 Å². The van der Waals surface area contributed by atoms with Gasteiger partial charge in [0.1, 0.15) is 11.6 Å². The summed E-state index contributed by atoms with van der Waals surface area (Å²) in [5.74, 6) is 2.60. The van der Waals surface area contributed by atoms with Crippen molar-refractivity contribution in [3.8, 4) is 5.82 Å². The van der Waals surface area contributed by atoms with Crippen molar-refractivity contribution in [2.75, 3.05) is 26.2 Å². The lowest BCUT2D eigenvalue weighted by molar-refractivity contribution is 0.219. The first-order valence-electron chi connectivity index (χ1n) is 11.4. The second kappa shape index (κ2) is 13.9. The fourth-order valence-corrected chi connectivity index (χ4v) is 3.78. The Hall–Kier alpha value is -2.46. The summed E-state index contributed by atoms with van der Waals surface area (Å²) >= 11 is 0. The molecule has 0 aliphatic carbocycles. The third-order valence-electron chi connectivity index (χ3n) is 5.55. The van der Waals surface area contributed by atoms with E-state index in [1.54, 1.807) is 6.20 Å². The molecule has 1 atom stereocenters. The minimum absolute atomic E-state index is 0. The summed E-state index contributed by atoms with van der Waals surface area (Å²) in [6.07, 6.45) is 5.58. The average molecular weight is 562 g/mol. The molecule has 3 rings (SSSR count). The maximum Gasteiger partial charge on any atom is 0.191 e. The Labute approximate surface area is 214 Å². The van der Waals surface area contributed by atoms with E-state index in [4.69, 9.17) is 4.99 Å². The molecule has 2 aromatic heterocycles. The van der Waals surface area contributed by atoms with E-state index in [1.165, 1.54) is 5.56 Å². The summed E-state index contributed by atoms with van der Waals surface area (Å²) in [4.78, 5) is 16.1. The van der Waals surface area contributed by atoms with E-state index in [-0.39, 0.29) is 30.0 Å². The molecular weight excluding hydrogens is 525 g/mol. The summed E-state index contributed by atoms with van der Waals surface area (Å²) in [5.41, 5.74) is 2.38. The smallest absolute Gasteiger partial charge is 0.191 e. The molecular formula is C25H36IN7. The lowest BCUT2D eigenvalue weighted by Crippen LogP contribution is -2.43. The van der Waals surface area contributed by atoms with Crippen LogP contribution in [0.1, 0.15) is 43.8 Å². The maximum absolute atomic E-state index is 4.79. The van der Waals surface area contributed by atoms with E-state index in [0.717, 1.165) is 49.3 Å². The van der Waals surface area contributed by atoms with Gasteiger partial charge in [0.05, 0.1) is 12.6 Å². The predicted octanol–water partition coefficient (Wildman–Crippen LogP) is 4.33. The highest BCUT2D eigenvalue weighted by Crippen LogP contribution is 2.19. The van der Waals surface area contributed by atoms with Gasteiger partial charge in [-0.15, -0.1) is 24.0 Å². The second-order valence-electron chi connectivity index (χ2n) is 7.59. The van der Waals surface area contributed by atoms with Crippen molar-refractivity contribution < 1.29 is 0 Å². The topological polar surface area (TPSA) is 70.4 Å². The molecule has 0 aliphatic rings. The molecule has 0 saturated carbocycles. The number of nitrogens with zero attached hydrogens (tertiary/aromatic N) is 5. The van der Waals surface area contributed by atoms with Gasteiger partial charge in [0.15, 0.2) is 5.96 Å². The number of rotatable bonds is 10. The van der Waals surface area contributed by atoms with E-state index in [0.29, 0.717) is 6.54 Å². The summed E-state index contributed by atoms with van der Waals surface area (Å²) in [5, 5.41) is 6.91. The number of hydrogen-bond acceptors (Lipinski definition) is 4. The van der Waals surface area contributed by atoms with Crippen molar-refractivity contribution in [1.82, 2.24) is 30.1 Å². The van der Waals surface area contributed by atoms with Gasteiger partial charge in [0.25, 0.3) is 0 Å². The zero-order valence-corrected chi connectivity index (χ0v) is 22.4. The first kappa shape index (κ1) is 26.8. The zero-order valence-electron chi connectivity index (χ0n) is 20.0. The quantitative estimate of drug-likeness (QED) is 0.219. The van der Waals surface area contributed by atoms with Crippen molar-refractivity contribution in [1.29, 1.82) is 0 Å². The molecule has 0 aliphatic heterocycles. The van der Waals surface area contributed by atoms with Crippen molar-refractivity contribution in [2.45, 2.75) is 40.3 Å². The molecule has 0 fully saturated rings. The van der Waals surface area contributed by atoms with Crippen LogP contribution in [0, 0.1) is 6.92 Å². The van der Waals surface area contributed by atoms with Gasteiger partial charge in [-0.3, -0.25) is 9.47 Å². The van der Waals surface area contributed by atoms with Crippen LogP contribution in [0.3, 0.4) is 0 Å². The number of benzene rings is 1. The highest BCUT2D eigenvalue weighted by molar-refractivity contribution is 14.0. The van der Waals surface area contributed by atoms with Crippen molar-refractivity contribution in [2.24, 2.45) is 4.99 Å². The van der Waals surface area contributed by atoms with E-state index < -0.39 is 0 Å². The van der Waals surface area contributed by atoms with Crippen LogP contribution in [-0.4, -0.2) is 51.6 Å². The Morgan fingerprint density at radius 2 is 1.79 bits per heavy atom. The molecule has 0 amide bonds. The summed E-state index contributed by atoms with van der Waals surface area (Å²) in [7, 11) is 0.